The van der Waals surface area contributed by atoms with E-state index >= 15 is 0 Å². The van der Waals surface area contributed by atoms with Gasteiger partial charge in [-0.05, 0) is 38.6 Å². The van der Waals surface area contributed by atoms with Crippen LogP contribution in [0.25, 0.3) is 0 Å². The number of nitrogens with zero attached hydrogens (tertiary/aromatic N) is 1. The first kappa shape index (κ1) is 24.2. The molecule has 22 heavy (non-hydrogen) atoms. The average Bonchev–Trinajstić information content (AvgIpc) is 2.44. The van der Waals surface area contributed by atoms with Crippen molar-refractivity contribution in [1.29, 1.82) is 0 Å². The summed E-state index contributed by atoms with van der Waals surface area (Å²) in [6.45, 7) is 9.71. The van der Waals surface area contributed by atoms with Crippen LogP contribution in [-0.4, -0.2) is 56.2 Å². The van der Waals surface area contributed by atoms with E-state index in [4.69, 9.17) is 10.5 Å². The molecule has 1 rings (SSSR count). The molecule has 1 heterocycles. The Kier molecular flexibility index (Phi) is 16.0. The van der Waals surface area contributed by atoms with Crippen LogP contribution in [0.3, 0.4) is 0 Å². The molecular weight excluding hydrogens is 325 g/mol. The molecule has 0 aliphatic carbocycles. The third kappa shape index (κ3) is 9.85. The molecule has 134 valence electrons. The molecule has 2 unspecified atom stereocenters. The first-order valence-corrected chi connectivity index (χ1v) is 7.96. The van der Waals surface area contributed by atoms with Crippen LogP contribution in [0.15, 0.2) is 0 Å². The molecule has 1 fully saturated rings. The van der Waals surface area contributed by atoms with E-state index in [0.717, 1.165) is 52.1 Å². The van der Waals surface area contributed by atoms with Crippen LogP contribution in [0, 0.1) is 5.92 Å². The van der Waals surface area contributed by atoms with Gasteiger partial charge in [-0.25, -0.2) is 0 Å². The third-order valence-electron chi connectivity index (χ3n) is 3.91. The molecule has 7 heteroatoms. The second-order valence-electron chi connectivity index (χ2n) is 5.68. The van der Waals surface area contributed by atoms with Crippen LogP contribution >= 0.6 is 24.8 Å². The largest absolute Gasteiger partial charge is 0.382 e. The average molecular weight is 358 g/mol. The van der Waals surface area contributed by atoms with Crippen molar-refractivity contribution >= 4 is 30.7 Å². The number of hydrogen-bond donors (Lipinski definition) is 2. The van der Waals surface area contributed by atoms with Gasteiger partial charge < -0.3 is 20.7 Å². The van der Waals surface area contributed by atoms with Crippen LogP contribution in [0.2, 0.25) is 0 Å². The summed E-state index contributed by atoms with van der Waals surface area (Å²) in [5.74, 6) is 0.662. The van der Waals surface area contributed by atoms with Gasteiger partial charge in [-0.15, -0.1) is 24.8 Å². The Morgan fingerprint density at radius 1 is 1.36 bits per heavy atom. The standard InChI is InChI=1S/C15H31N3O2.2ClH/c1-3-20-11-5-9-18-10-7-14(13(2)12-18)17-15(19)6-4-8-16;;/h13-14H,3-12,16H2,1-2H3,(H,17,19);2*1H. The fourth-order valence-corrected chi connectivity index (χ4v) is 2.73. The van der Waals surface area contributed by atoms with E-state index in [1.54, 1.807) is 0 Å². The maximum Gasteiger partial charge on any atom is 0.220 e. The lowest BCUT2D eigenvalue weighted by Gasteiger charge is -2.37. The Hall–Kier alpha value is -0.0700. The number of halogens is 2. The van der Waals surface area contributed by atoms with Crippen molar-refractivity contribution < 1.29 is 9.53 Å². The predicted molar refractivity (Wildman–Crippen MR) is 96.0 cm³/mol. The zero-order valence-electron chi connectivity index (χ0n) is 13.9. The van der Waals surface area contributed by atoms with E-state index in [9.17, 15) is 4.79 Å². The van der Waals surface area contributed by atoms with Crippen molar-refractivity contribution in [2.75, 3.05) is 39.4 Å². The van der Waals surface area contributed by atoms with E-state index in [1.807, 2.05) is 6.92 Å². The normalized spacial score (nSPS) is 21.6. The summed E-state index contributed by atoms with van der Waals surface area (Å²) in [4.78, 5) is 14.2. The minimum Gasteiger partial charge on any atom is -0.382 e. The summed E-state index contributed by atoms with van der Waals surface area (Å²) in [6.07, 6.45) is 3.46. The van der Waals surface area contributed by atoms with Crippen molar-refractivity contribution in [2.24, 2.45) is 11.7 Å². The number of ether oxygens (including phenoxy) is 1. The van der Waals surface area contributed by atoms with Crippen LogP contribution in [0.1, 0.15) is 39.5 Å². The second-order valence-corrected chi connectivity index (χ2v) is 5.68. The minimum atomic E-state index is 0. The maximum absolute atomic E-state index is 11.7. The van der Waals surface area contributed by atoms with Gasteiger partial charge in [-0.1, -0.05) is 6.92 Å². The molecule has 0 aromatic carbocycles. The third-order valence-corrected chi connectivity index (χ3v) is 3.91. The van der Waals surface area contributed by atoms with Gasteiger partial charge in [-0.3, -0.25) is 4.79 Å². The van der Waals surface area contributed by atoms with E-state index in [1.165, 1.54) is 0 Å². The molecule has 3 N–H and O–H groups in total. The van der Waals surface area contributed by atoms with E-state index in [2.05, 4.69) is 17.1 Å². The SMILES string of the molecule is CCOCCCN1CCC(NC(=O)CCCN)C(C)C1.Cl.Cl. The highest BCUT2D eigenvalue weighted by Crippen LogP contribution is 2.17. The van der Waals surface area contributed by atoms with Gasteiger partial charge >= 0.3 is 0 Å². The fraction of sp³-hybridized carbons (Fsp3) is 0.933. The summed E-state index contributed by atoms with van der Waals surface area (Å²) in [6, 6.07) is 0.323. The Morgan fingerprint density at radius 2 is 2.09 bits per heavy atom. The highest BCUT2D eigenvalue weighted by Gasteiger charge is 2.26. The molecule has 5 nitrogen and oxygen atoms in total. The summed E-state index contributed by atoms with van der Waals surface area (Å²) in [7, 11) is 0. The van der Waals surface area contributed by atoms with Crippen molar-refractivity contribution in [2.45, 2.75) is 45.6 Å². The number of piperidine rings is 1. The van der Waals surface area contributed by atoms with Gasteiger partial charge in [0.25, 0.3) is 0 Å². The van der Waals surface area contributed by atoms with Crippen LogP contribution in [0.5, 0.6) is 0 Å². The van der Waals surface area contributed by atoms with Gasteiger partial charge in [0.1, 0.15) is 0 Å². The summed E-state index contributed by atoms with van der Waals surface area (Å²) >= 11 is 0. The predicted octanol–water partition coefficient (Wildman–Crippen LogP) is 1.82. The van der Waals surface area contributed by atoms with E-state index < -0.39 is 0 Å². The van der Waals surface area contributed by atoms with Crippen molar-refractivity contribution in [3.8, 4) is 0 Å². The maximum atomic E-state index is 11.7. The lowest BCUT2D eigenvalue weighted by atomic mass is 9.93. The van der Waals surface area contributed by atoms with Gasteiger partial charge in [0.05, 0.1) is 0 Å². The van der Waals surface area contributed by atoms with Crippen LogP contribution in [-0.2, 0) is 9.53 Å². The Morgan fingerprint density at radius 3 is 2.68 bits per heavy atom. The van der Waals surface area contributed by atoms with Crippen LogP contribution < -0.4 is 11.1 Å². The first-order valence-electron chi connectivity index (χ1n) is 7.96. The molecule has 0 bridgehead atoms. The molecule has 0 aromatic rings. The summed E-state index contributed by atoms with van der Waals surface area (Å²) in [5.41, 5.74) is 5.43. The number of likely N-dealkylation sites (tertiary alicyclic amines) is 1. The molecule has 2 atom stereocenters. The van der Waals surface area contributed by atoms with Crippen molar-refractivity contribution in [1.82, 2.24) is 10.2 Å². The molecule has 1 saturated heterocycles. The number of rotatable bonds is 9. The zero-order valence-corrected chi connectivity index (χ0v) is 15.5. The lowest BCUT2D eigenvalue weighted by Crippen LogP contribution is -2.50. The molecule has 1 amide bonds. The molecule has 0 radical (unpaired) electrons. The van der Waals surface area contributed by atoms with Crippen LogP contribution in [0.4, 0.5) is 0 Å². The van der Waals surface area contributed by atoms with Gasteiger partial charge in [0, 0.05) is 45.3 Å². The quantitative estimate of drug-likeness (QED) is 0.617. The fourth-order valence-electron chi connectivity index (χ4n) is 2.73. The molecular formula is C15H33Cl2N3O2. The Balaban J connectivity index is 0. The minimum absolute atomic E-state index is 0. The smallest absolute Gasteiger partial charge is 0.220 e. The monoisotopic (exact) mass is 357 g/mol. The zero-order chi connectivity index (χ0) is 14.8. The van der Waals surface area contributed by atoms with Gasteiger partial charge in [-0.2, -0.15) is 0 Å². The summed E-state index contributed by atoms with van der Waals surface area (Å²) in [5, 5.41) is 3.15. The second kappa shape index (κ2) is 14.5. The summed E-state index contributed by atoms with van der Waals surface area (Å²) < 4.78 is 5.37. The number of hydrogen-bond acceptors (Lipinski definition) is 4. The Labute approximate surface area is 147 Å². The number of carbonyl (C=O) groups is 1. The van der Waals surface area contributed by atoms with Crippen molar-refractivity contribution in [3.05, 3.63) is 0 Å². The lowest BCUT2D eigenvalue weighted by molar-refractivity contribution is -0.122. The molecule has 1 aliphatic heterocycles. The first-order chi connectivity index (χ1) is 9.67. The van der Waals surface area contributed by atoms with Crippen molar-refractivity contribution in [3.63, 3.8) is 0 Å². The highest BCUT2D eigenvalue weighted by atomic mass is 35.5. The topological polar surface area (TPSA) is 67.6 Å². The number of nitrogens with two attached hydrogens (primary N) is 1. The highest BCUT2D eigenvalue weighted by molar-refractivity contribution is 5.85. The van der Waals surface area contributed by atoms with Gasteiger partial charge in [0.2, 0.25) is 5.91 Å². The molecule has 0 spiro atoms. The number of amides is 1. The van der Waals surface area contributed by atoms with E-state index in [-0.39, 0.29) is 30.7 Å². The Bertz CT molecular complexity index is 284. The molecule has 0 saturated carbocycles. The molecule has 0 aromatic heterocycles. The number of nitrogens with one attached hydrogen (secondary N) is 1. The van der Waals surface area contributed by atoms with Gasteiger partial charge in [0.15, 0.2) is 0 Å². The number of carbonyl (C=O) groups excluding carboxylic acids is 1. The molecule has 1 aliphatic rings. The van der Waals surface area contributed by atoms with E-state index in [0.29, 0.717) is 24.9 Å².